The van der Waals surface area contributed by atoms with Crippen LogP contribution in [0.25, 0.3) is 0 Å². The van der Waals surface area contributed by atoms with Crippen LogP contribution in [0.3, 0.4) is 0 Å². The molecule has 1 rings (SSSR count). The van der Waals surface area contributed by atoms with Crippen LogP contribution in [0.5, 0.6) is 5.75 Å². The normalized spacial score (nSPS) is 13.7. The molecule has 0 heterocycles. The van der Waals surface area contributed by atoms with Crippen LogP contribution in [0.2, 0.25) is 0 Å². The van der Waals surface area contributed by atoms with Crippen molar-refractivity contribution in [2.24, 2.45) is 5.73 Å². The molecule has 17 heavy (non-hydrogen) atoms. The van der Waals surface area contributed by atoms with Gasteiger partial charge in [0.2, 0.25) is 0 Å². The highest BCUT2D eigenvalue weighted by Crippen LogP contribution is 2.18. The lowest BCUT2D eigenvalue weighted by molar-refractivity contribution is 0.242. The van der Waals surface area contributed by atoms with Gasteiger partial charge in [-0.25, -0.2) is 8.42 Å². The van der Waals surface area contributed by atoms with Crippen LogP contribution < -0.4 is 10.5 Å². The van der Waals surface area contributed by atoms with Gasteiger partial charge in [0.25, 0.3) is 0 Å². The maximum Gasteiger partial charge on any atom is 0.179 e. The van der Waals surface area contributed by atoms with E-state index in [2.05, 4.69) is 0 Å². The summed E-state index contributed by atoms with van der Waals surface area (Å²) in [6, 6.07) is 6.05. The predicted octanol–water partition coefficient (Wildman–Crippen LogP) is 1.59. The number of hydrogen-bond acceptors (Lipinski definition) is 4. The van der Waals surface area contributed by atoms with Gasteiger partial charge < -0.3 is 10.5 Å². The molecule has 1 aromatic carbocycles. The molecule has 4 nitrogen and oxygen atoms in total. The highest BCUT2D eigenvalue weighted by Gasteiger charge is 2.16. The molecule has 2 N–H and O–H groups in total. The Balaban J connectivity index is 2.87. The number of benzene rings is 1. The second kappa shape index (κ2) is 5.51. The van der Waals surface area contributed by atoms with Crippen LogP contribution in [0.4, 0.5) is 0 Å². The fourth-order valence-electron chi connectivity index (χ4n) is 1.44. The molecule has 0 spiro atoms. The van der Waals surface area contributed by atoms with Crippen molar-refractivity contribution in [3.8, 4) is 5.75 Å². The van der Waals surface area contributed by atoms with Crippen molar-refractivity contribution in [2.45, 2.75) is 37.8 Å². The summed E-state index contributed by atoms with van der Waals surface area (Å²) in [5.74, 6) is 0.622. The van der Waals surface area contributed by atoms with Gasteiger partial charge in [-0.1, -0.05) is 0 Å². The summed E-state index contributed by atoms with van der Waals surface area (Å²) in [6.07, 6.45) is 0.0709. The lowest BCUT2D eigenvalue weighted by atomic mass is 10.3. The average molecular weight is 257 g/mol. The molecular weight excluding hydrogens is 238 g/mol. The summed E-state index contributed by atoms with van der Waals surface area (Å²) < 4.78 is 29.2. The predicted molar refractivity (Wildman–Crippen MR) is 67.9 cm³/mol. The Morgan fingerprint density at radius 2 is 1.71 bits per heavy atom. The Morgan fingerprint density at radius 3 is 2.12 bits per heavy atom. The lowest BCUT2D eigenvalue weighted by Gasteiger charge is -2.11. The molecule has 0 aliphatic rings. The van der Waals surface area contributed by atoms with Crippen molar-refractivity contribution in [3.63, 3.8) is 0 Å². The minimum absolute atomic E-state index is 0.0443. The zero-order valence-electron chi connectivity index (χ0n) is 10.4. The van der Waals surface area contributed by atoms with Gasteiger partial charge in [-0.3, -0.25) is 0 Å². The van der Waals surface area contributed by atoms with Crippen molar-refractivity contribution < 1.29 is 13.2 Å². The molecule has 0 aliphatic heterocycles. The van der Waals surface area contributed by atoms with Gasteiger partial charge in [-0.05, 0) is 45.0 Å². The molecule has 0 saturated heterocycles. The van der Waals surface area contributed by atoms with Gasteiger partial charge in [0.05, 0.1) is 16.8 Å². The summed E-state index contributed by atoms with van der Waals surface area (Å²) in [6.45, 7) is 5.51. The van der Waals surface area contributed by atoms with Crippen molar-refractivity contribution in [3.05, 3.63) is 24.3 Å². The lowest BCUT2D eigenvalue weighted by Crippen LogP contribution is -2.26. The highest BCUT2D eigenvalue weighted by atomic mass is 32.2. The Hall–Kier alpha value is -1.07. The smallest absolute Gasteiger partial charge is 0.179 e. The van der Waals surface area contributed by atoms with Crippen molar-refractivity contribution in [2.75, 3.05) is 5.75 Å². The van der Waals surface area contributed by atoms with Gasteiger partial charge in [0, 0.05) is 6.04 Å². The van der Waals surface area contributed by atoms with Crippen molar-refractivity contribution >= 4 is 9.84 Å². The monoisotopic (exact) mass is 257 g/mol. The molecule has 1 unspecified atom stereocenters. The van der Waals surface area contributed by atoms with Gasteiger partial charge >= 0.3 is 0 Å². The first kappa shape index (κ1) is 14.0. The van der Waals surface area contributed by atoms with Gasteiger partial charge in [0.15, 0.2) is 9.84 Å². The van der Waals surface area contributed by atoms with Crippen LogP contribution >= 0.6 is 0 Å². The standard InChI is InChI=1S/C12H19NO3S/c1-9(2)16-11-4-6-12(7-5-11)17(14,15)8-10(3)13/h4-7,9-10H,8,13H2,1-3H3. The third-order valence-electron chi connectivity index (χ3n) is 2.04. The van der Waals surface area contributed by atoms with E-state index in [1.165, 1.54) is 0 Å². The third-order valence-corrected chi connectivity index (χ3v) is 3.99. The van der Waals surface area contributed by atoms with Crippen LogP contribution in [-0.4, -0.2) is 26.3 Å². The molecule has 1 atom stereocenters. The van der Waals surface area contributed by atoms with Crippen LogP contribution in [0.1, 0.15) is 20.8 Å². The molecule has 0 aromatic heterocycles. The zero-order valence-corrected chi connectivity index (χ0v) is 11.2. The van der Waals surface area contributed by atoms with E-state index in [0.717, 1.165) is 0 Å². The molecule has 1 aromatic rings. The fraction of sp³-hybridized carbons (Fsp3) is 0.500. The Kier molecular flexibility index (Phi) is 4.54. The minimum atomic E-state index is -3.29. The molecule has 0 fully saturated rings. The molecule has 0 saturated carbocycles. The molecule has 96 valence electrons. The Bertz CT molecular complexity index is 449. The first-order chi connectivity index (χ1) is 7.81. The number of rotatable bonds is 5. The summed E-state index contributed by atoms with van der Waals surface area (Å²) in [5.41, 5.74) is 5.51. The Labute approximate surface area is 103 Å². The quantitative estimate of drug-likeness (QED) is 0.869. The van der Waals surface area contributed by atoms with Crippen LogP contribution in [0.15, 0.2) is 29.2 Å². The van der Waals surface area contributed by atoms with E-state index < -0.39 is 9.84 Å². The SMILES string of the molecule is CC(N)CS(=O)(=O)c1ccc(OC(C)C)cc1. The number of ether oxygens (including phenoxy) is 1. The largest absolute Gasteiger partial charge is 0.491 e. The van der Waals surface area contributed by atoms with Gasteiger partial charge in [-0.2, -0.15) is 0 Å². The molecular formula is C12H19NO3S. The molecule has 0 radical (unpaired) electrons. The number of sulfone groups is 1. The summed E-state index contributed by atoms with van der Waals surface area (Å²) >= 11 is 0. The van der Waals surface area contributed by atoms with Gasteiger partial charge in [0.1, 0.15) is 5.75 Å². The maximum absolute atomic E-state index is 11.9. The second-order valence-corrected chi connectivity index (χ2v) is 6.43. The van der Waals surface area contributed by atoms with E-state index in [-0.39, 0.29) is 22.8 Å². The van der Waals surface area contributed by atoms with E-state index in [1.807, 2.05) is 13.8 Å². The fourth-order valence-corrected chi connectivity index (χ4v) is 2.88. The van der Waals surface area contributed by atoms with E-state index >= 15 is 0 Å². The van der Waals surface area contributed by atoms with Crippen LogP contribution in [0, 0.1) is 0 Å². The Morgan fingerprint density at radius 1 is 1.18 bits per heavy atom. The second-order valence-electron chi connectivity index (χ2n) is 4.40. The third kappa shape index (κ3) is 4.36. The summed E-state index contributed by atoms with van der Waals surface area (Å²) in [7, 11) is -3.29. The molecule has 5 heteroatoms. The first-order valence-corrected chi connectivity index (χ1v) is 7.21. The van der Waals surface area contributed by atoms with E-state index in [9.17, 15) is 8.42 Å². The van der Waals surface area contributed by atoms with E-state index in [4.69, 9.17) is 10.5 Å². The highest BCUT2D eigenvalue weighted by molar-refractivity contribution is 7.91. The minimum Gasteiger partial charge on any atom is -0.491 e. The molecule has 0 aliphatic carbocycles. The maximum atomic E-state index is 11.9. The van der Waals surface area contributed by atoms with Gasteiger partial charge in [-0.15, -0.1) is 0 Å². The molecule has 0 amide bonds. The summed E-state index contributed by atoms with van der Waals surface area (Å²) in [5, 5.41) is 0. The van der Waals surface area contributed by atoms with Crippen molar-refractivity contribution in [1.82, 2.24) is 0 Å². The summed E-state index contributed by atoms with van der Waals surface area (Å²) in [4.78, 5) is 0.283. The van der Waals surface area contributed by atoms with Crippen LogP contribution in [-0.2, 0) is 9.84 Å². The van der Waals surface area contributed by atoms with E-state index in [1.54, 1.807) is 31.2 Å². The number of hydrogen-bond donors (Lipinski definition) is 1. The van der Waals surface area contributed by atoms with E-state index in [0.29, 0.717) is 5.75 Å². The molecule has 0 bridgehead atoms. The first-order valence-electron chi connectivity index (χ1n) is 5.56. The zero-order chi connectivity index (χ0) is 13.1. The number of nitrogens with two attached hydrogens (primary N) is 1. The topological polar surface area (TPSA) is 69.4 Å². The average Bonchev–Trinajstić information content (AvgIpc) is 2.15. The van der Waals surface area contributed by atoms with Crippen molar-refractivity contribution in [1.29, 1.82) is 0 Å².